The standard InChI is InChI=1S/C12H13N3O3/c1-13-8-3-5-9(6-4-8)18-12-10(17-2)11(16)14-7-15-12/h3-7,13H,1-2H3,(H,14,15,16). The smallest absolute Gasteiger partial charge is 0.297 e. The molecule has 6 nitrogen and oxygen atoms in total. The Hall–Kier alpha value is -2.50. The summed E-state index contributed by atoms with van der Waals surface area (Å²) in [4.78, 5) is 17.8. The van der Waals surface area contributed by atoms with Crippen LogP contribution in [0.15, 0.2) is 35.4 Å². The van der Waals surface area contributed by atoms with Gasteiger partial charge in [-0.1, -0.05) is 0 Å². The molecule has 0 unspecified atom stereocenters. The number of ether oxygens (including phenoxy) is 2. The van der Waals surface area contributed by atoms with Crippen LogP contribution in [0.2, 0.25) is 0 Å². The van der Waals surface area contributed by atoms with Gasteiger partial charge in [0.1, 0.15) is 5.75 Å². The normalized spacial score (nSPS) is 9.89. The Morgan fingerprint density at radius 1 is 1.28 bits per heavy atom. The Kier molecular flexibility index (Phi) is 3.47. The van der Waals surface area contributed by atoms with Gasteiger partial charge in [-0.25, -0.2) is 4.98 Å². The lowest BCUT2D eigenvalue weighted by Crippen LogP contribution is -2.10. The Bertz CT molecular complexity index is 578. The van der Waals surface area contributed by atoms with Gasteiger partial charge in [-0.3, -0.25) is 4.79 Å². The first-order valence-corrected chi connectivity index (χ1v) is 5.32. The van der Waals surface area contributed by atoms with Gasteiger partial charge >= 0.3 is 0 Å². The van der Waals surface area contributed by atoms with Crippen molar-refractivity contribution in [3.8, 4) is 17.4 Å². The Labute approximate surface area is 104 Å². The number of aromatic nitrogens is 2. The highest BCUT2D eigenvalue weighted by atomic mass is 16.5. The molecule has 1 aromatic carbocycles. The fourth-order valence-corrected chi connectivity index (χ4v) is 1.42. The van der Waals surface area contributed by atoms with Gasteiger partial charge in [0.05, 0.1) is 13.4 Å². The zero-order valence-corrected chi connectivity index (χ0v) is 10.1. The summed E-state index contributed by atoms with van der Waals surface area (Å²) in [6.07, 6.45) is 1.27. The molecule has 18 heavy (non-hydrogen) atoms. The number of nitrogens with zero attached hydrogens (tertiary/aromatic N) is 1. The van der Waals surface area contributed by atoms with E-state index >= 15 is 0 Å². The van der Waals surface area contributed by atoms with Gasteiger partial charge in [0, 0.05) is 12.7 Å². The first kappa shape index (κ1) is 12.0. The fourth-order valence-electron chi connectivity index (χ4n) is 1.42. The predicted molar refractivity (Wildman–Crippen MR) is 67.5 cm³/mol. The first-order valence-electron chi connectivity index (χ1n) is 5.32. The monoisotopic (exact) mass is 247 g/mol. The molecule has 0 saturated heterocycles. The molecule has 0 amide bonds. The lowest BCUT2D eigenvalue weighted by molar-refractivity contribution is 0.363. The molecular weight excluding hydrogens is 234 g/mol. The van der Waals surface area contributed by atoms with Crippen LogP contribution in [0.4, 0.5) is 5.69 Å². The Morgan fingerprint density at radius 2 is 2.00 bits per heavy atom. The molecule has 0 atom stereocenters. The Balaban J connectivity index is 2.28. The van der Waals surface area contributed by atoms with Crippen LogP contribution < -0.4 is 20.3 Å². The van der Waals surface area contributed by atoms with Crippen molar-refractivity contribution in [2.75, 3.05) is 19.5 Å². The topological polar surface area (TPSA) is 76.2 Å². The second-order valence-corrected chi connectivity index (χ2v) is 3.45. The largest absolute Gasteiger partial charge is 0.487 e. The van der Waals surface area contributed by atoms with Crippen molar-refractivity contribution >= 4 is 5.69 Å². The number of hydrogen-bond donors (Lipinski definition) is 2. The third-order valence-corrected chi connectivity index (χ3v) is 2.34. The summed E-state index contributed by atoms with van der Waals surface area (Å²) >= 11 is 0. The van der Waals surface area contributed by atoms with Crippen LogP contribution in [0.25, 0.3) is 0 Å². The van der Waals surface area contributed by atoms with Crippen LogP contribution in [0.1, 0.15) is 0 Å². The predicted octanol–water partition coefficient (Wildman–Crippen LogP) is 1.61. The summed E-state index contributed by atoms with van der Waals surface area (Å²) in [6, 6.07) is 7.26. The van der Waals surface area contributed by atoms with E-state index in [4.69, 9.17) is 9.47 Å². The third-order valence-electron chi connectivity index (χ3n) is 2.34. The van der Waals surface area contributed by atoms with E-state index in [1.165, 1.54) is 13.4 Å². The quantitative estimate of drug-likeness (QED) is 0.858. The summed E-state index contributed by atoms with van der Waals surface area (Å²) in [6.45, 7) is 0. The van der Waals surface area contributed by atoms with E-state index in [9.17, 15) is 4.79 Å². The maximum Gasteiger partial charge on any atom is 0.297 e. The van der Waals surface area contributed by atoms with E-state index in [0.29, 0.717) is 5.75 Å². The minimum Gasteiger partial charge on any atom is -0.487 e. The van der Waals surface area contributed by atoms with Crippen molar-refractivity contribution in [1.82, 2.24) is 9.97 Å². The summed E-state index contributed by atoms with van der Waals surface area (Å²) in [7, 11) is 3.22. The average molecular weight is 247 g/mol. The number of H-pyrrole nitrogens is 1. The zero-order chi connectivity index (χ0) is 13.0. The van der Waals surface area contributed by atoms with E-state index in [-0.39, 0.29) is 17.2 Å². The molecule has 1 aromatic heterocycles. The van der Waals surface area contributed by atoms with Crippen LogP contribution in [0.3, 0.4) is 0 Å². The van der Waals surface area contributed by atoms with Gasteiger partial charge in [-0.05, 0) is 24.3 Å². The second kappa shape index (κ2) is 5.22. The van der Waals surface area contributed by atoms with Gasteiger partial charge in [0.2, 0.25) is 5.75 Å². The summed E-state index contributed by atoms with van der Waals surface area (Å²) in [5, 5.41) is 3.00. The van der Waals surface area contributed by atoms with Crippen LogP contribution in [-0.4, -0.2) is 24.1 Å². The molecule has 0 aliphatic rings. The van der Waals surface area contributed by atoms with Crippen molar-refractivity contribution in [3.05, 3.63) is 40.9 Å². The lowest BCUT2D eigenvalue weighted by atomic mass is 10.3. The van der Waals surface area contributed by atoms with Crippen molar-refractivity contribution in [2.24, 2.45) is 0 Å². The van der Waals surface area contributed by atoms with E-state index < -0.39 is 0 Å². The highest BCUT2D eigenvalue weighted by Crippen LogP contribution is 2.25. The number of hydrogen-bond acceptors (Lipinski definition) is 5. The molecule has 6 heteroatoms. The van der Waals surface area contributed by atoms with Gasteiger partial charge in [0.25, 0.3) is 11.4 Å². The minimum absolute atomic E-state index is 0.0511. The van der Waals surface area contributed by atoms with Crippen LogP contribution in [0, 0.1) is 0 Å². The minimum atomic E-state index is -0.380. The molecule has 0 spiro atoms. The number of nitrogens with one attached hydrogen (secondary N) is 2. The molecule has 94 valence electrons. The SMILES string of the molecule is CNc1ccc(Oc2nc[nH]c(=O)c2OC)cc1. The molecule has 2 N–H and O–H groups in total. The summed E-state index contributed by atoms with van der Waals surface area (Å²) < 4.78 is 10.4. The highest BCUT2D eigenvalue weighted by molar-refractivity contribution is 5.46. The third kappa shape index (κ3) is 2.42. The van der Waals surface area contributed by atoms with E-state index in [2.05, 4.69) is 15.3 Å². The summed E-state index contributed by atoms with van der Waals surface area (Å²) in [5.41, 5.74) is 0.586. The molecule has 2 aromatic rings. The van der Waals surface area contributed by atoms with Gasteiger partial charge < -0.3 is 19.8 Å². The van der Waals surface area contributed by atoms with Gasteiger partial charge in [-0.15, -0.1) is 0 Å². The fraction of sp³-hybridized carbons (Fsp3) is 0.167. The van der Waals surface area contributed by atoms with Crippen molar-refractivity contribution in [2.45, 2.75) is 0 Å². The number of aromatic amines is 1. The second-order valence-electron chi connectivity index (χ2n) is 3.45. The molecule has 0 fully saturated rings. The summed E-state index contributed by atoms with van der Waals surface area (Å²) in [5.74, 6) is 0.763. The first-order chi connectivity index (χ1) is 8.74. The number of rotatable bonds is 4. The maximum absolute atomic E-state index is 11.5. The van der Waals surface area contributed by atoms with E-state index in [1.807, 2.05) is 19.2 Å². The highest BCUT2D eigenvalue weighted by Gasteiger charge is 2.11. The van der Waals surface area contributed by atoms with Crippen LogP contribution >= 0.6 is 0 Å². The number of methoxy groups -OCH3 is 1. The van der Waals surface area contributed by atoms with Crippen molar-refractivity contribution < 1.29 is 9.47 Å². The van der Waals surface area contributed by atoms with Crippen LogP contribution in [0.5, 0.6) is 17.4 Å². The van der Waals surface area contributed by atoms with Crippen molar-refractivity contribution in [3.63, 3.8) is 0 Å². The molecule has 0 aliphatic heterocycles. The maximum atomic E-state index is 11.5. The van der Waals surface area contributed by atoms with Crippen LogP contribution in [-0.2, 0) is 0 Å². The van der Waals surface area contributed by atoms with E-state index in [0.717, 1.165) is 5.69 Å². The molecular formula is C12H13N3O3. The average Bonchev–Trinajstić information content (AvgIpc) is 2.40. The lowest BCUT2D eigenvalue weighted by Gasteiger charge is -2.08. The molecule has 0 radical (unpaired) electrons. The molecule has 2 rings (SSSR count). The molecule has 0 aliphatic carbocycles. The van der Waals surface area contributed by atoms with Gasteiger partial charge in [0.15, 0.2) is 0 Å². The van der Waals surface area contributed by atoms with Crippen molar-refractivity contribution in [1.29, 1.82) is 0 Å². The zero-order valence-electron chi connectivity index (χ0n) is 10.1. The molecule has 0 saturated carbocycles. The molecule has 0 bridgehead atoms. The van der Waals surface area contributed by atoms with Gasteiger partial charge in [-0.2, -0.15) is 0 Å². The molecule has 1 heterocycles. The van der Waals surface area contributed by atoms with E-state index in [1.54, 1.807) is 12.1 Å². The number of anilines is 1. The number of benzene rings is 1. The Morgan fingerprint density at radius 3 is 2.61 bits per heavy atom.